The van der Waals surface area contributed by atoms with Gasteiger partial charge in [0.2, 0.25) is 6.79 Å². The van der Waals surface area contributed by atoms with E-state index in [0.717, 1.165) is 45.2 Å². The minimum Gasteiger partial charge on any atom is -0.454 e. The van der Waals surface area contributed by atoms with Gasteiger partial charge in [0.25, 0.3) is 0 Å². The molecule has 0 bridgehead atoms. The van der Waals surface area contributed by atoms with E-state index in [0.29, 0.717) is 6.54 Å². The highest BCUT2D eigenvalue weighted by molar-refractivity contribution is 5.79. The van der Waals surface area contributed by atoms with Gasteiger partial charge in [-0.2, -0.15) is 5.10 Å². The number of nitrogens with zero attached hydrogens (tertiary/aromatic N) is 3. The van der Waals surface area contributed by atoms with Crippen LogP contribution in [0.1, 0.15) is 11.1 Å². The molecule has 28 heavy (non-hydrogen) atoms. The van der Waals surface area contributed by atoms with Crippen molar-refractivity contribution in [1.82, 2.24) is 14.6 Å². The zero-order valence-corrected chi connectivity index (χ0v) is 15.0. The molecular weight excluding hydrogens is 356 g/mol. The van der Waals surface area contributed by atoms with E-state index in [1.807, 2.05) is 54.7 Å². The van der Waals surface area contributed by atoms with Gasteiger partial charge in [0, 0.05) is 18.3 Å². The summed E-state index contributed by atoms with van der Waals surface area (Å²) >= 11 is 0. The van der Waals surface area contributed by atoms with Gasteiger partial charge < -0.3 is 19.9 Å². The van der Waals surface area contributed by atoms with Crippen molar-refractivity contribution >= 4 is 11.5 Å². The van der Waals surface area contributed by atoms with Crippen LogP contribution in [0.3, 0.4) is 0 Å². The molecule has 2 aromatic carbocycles. The van der Waals surface area contributed by atoms with Crippen LogP contribution in [0.15, 0.2) is 60.9 Å². The second-order valence-electron chi connectivity index (χ2n) is 6.50. The molecule has 1 aliphatic rings. The van der Waals surface area contributed by atoms with E-state index >= 15 is 0 Å². The van der Waals surface area contributed by atoms with E-state index in [4.69, 9.17) is 14.5 Å². The zero-order valence-electron chi connectivity index (χ0n) is 15.0. The highest BCUT2D eigenvalue weighted by Crippen LogP contribution is 2.32. The van der Waals surface area contributed by atoms with Gasteiger partial charge in [-0.25, -0.2) is 9.50 Å². The number of aliphatic hydroxyl groups excluding tert-OH is 1. The Bertz CT molecular complexity index is 1160. The molecule has 0 unspecified atom stereocenters. The van der Waals surface area contributed by atoms with Gasteiger partial charge in [0.05, 0.1) is 12.8 Å². The number of rotatable bonds is 5. The lowest BCUT2D eigenvalue weighted by Crippen LogP contribution is -2.03. The molecule has 7 heteroatoms. The Morgan fingerprint density at radius 3 is 2.86 bits per heavy atom. The topological polar surface area (TPSA) is 80.9 Å². The Balaban J connectivity index is 1.43. The Hall–Kier alpha value is -3.58. The molecule has 140 valence electrons. The van der Waals surface area contributed by atoms with Gasteiger partial charge >= 0.3 is 0 Å². The summed E-state index contributed by atoms with van der Waals surface area (Å²) in [7, 11) is 0. The van der Waals surface area contributed by atoms with Crippen LogP contribution in [0, 0.1) is 0 Å². The first-order valence-corrected chi connectivity index (χ1v) is 8.98. The summed E-state index contributed by atoms with van der Waals surface area (Å²) in [5.41, 5.74) is 4.47. The molecule has 0 fully saturated rings. The molecule has 1 aliphatic heterocycles. The highest BCUT2D eigenvalue weighted by atomic mass is 16.7. The van der Waals surface area contributed by atoms with E-state index in [-0.39, 0.29) is 13.4 Å². The Kier molecular flexibility index (Phi) is 4.06. The number of aliphatic hydroxyl groups is 1. The van der Waals surface area contributed by atoms with E-state index in [2.05, 4.69) is 10.4 Å². The number of fused-ring (bicyclic) bond motifs is 2. The molecule has 0 spiro atoms. The third-order valence-corrected chi connectivity index (χ3v) is 4.76. The van der Waals surface area contributed by atoms with Crippen LogP contribution in [0.2, 0.25) is 0 Å². The van der Waals surface area contributed by atoms with E-state index in [9.17, 15) is 5.11 Å². The summed E-state index contributed by atoms with van der Waals surface area (Å²) in [4.78, 5) is 4.73. The molecule has 2 aromatic heterocycles. The molecule has 7 nitrogen and oxygen atoms in total. The number of nitrogens with one attached hydrogen (secondary N) is 1. The van der Waals surface area contributed by atoms with Gasteiger partial charge in [-0.15, -0.1) is 0 Å². The van der Waals surface area contributed by atoms with Crippen LogP contribution in [0.5, 0.6) is 11.5 Å². The molecule has 0 saturated carbocycles. The van der Waals surface area contributed by atoms with Crippen LogP contribution < -0.4 is 14.8 Å². The van der Waals surface area contributed by atoms with Crippen molar-refractivity contribution in [3.05, 3.63) is 72.1 Å². The van der Waals surface area contributed by atoms with Crippen molar-refractivity contribution in [1.29, 1.82) is 0 Å². The Morgan fingerprint density at radius 1 is 1.04 bits per heavy atom. The third kappa shape index (κ3) is 2.91. The van der Waals surface area contributed by atoms with Gasteiger partial charge in [0.15, 0.2) is 17.1 Å². The number of hydrogen-bond acceptors (Lipinski definition) is 6. The van der Waals surface area contributed by atoms with Gasteiger partial charge in [0.1, 0.15) is 5.82 Å². The first-order valence-electron chi connectivity index (χ1n) is 8.98. The number of benzene rings is 2. The van der Waals surface area contributed by atoms with Crippen molar-refractivity contribution in [3.63, 3.8) is 0 Å². The first-order chi connectivity index (χ1) is 13.8. The largest absolute Gasteiger partial charge is 0.454 e. The Morgan fingerprint density at radius 2 is 1.93 bits per heavy atom. The number of hydrogen-bond donors (Lipinski definition) is 2. The zero-order chi connectivity index (χ0) is 18.9. The average Bonchev–Trinajstić information content (AvgIpc) is 3.38. The summed E-state index contributed by atoms with van der Waals surface area (Å²) in [6.45, 7) is 0.843. The maximum atomic E-state index is 9.64. The summed E-state index contributed by atoms with van der Waals surface area (Å²) in [6.07, 6.45) is 3.65. The Labute approximate surface area is 161 Å². The first kappa shape index (κ1) is 16.6. The molecule has 3 heterocycles. The number of aromatic nitrogens is 3. The molecule has 0 saturated heterocycles. The van der Waals surface area contributed by atoms with Crippen molar-refractivity contribution in [2.24, 2.45) is 0 Å². The predicted molar refractivity (Wildman–Crippen MR) is 104 cm³/mol. The van der Waals surface area contributed by atoms with Gasteiger partial charge in [-0.3, -0.25) is 0 Å². The summed E-state index contributed by atoms with van der Waals surface area (Å²) < 4.78 is 12.5. The quantitative estimate of drug-likeness (QED) is 0.558. The normalized spacial score (nSPS) is 12.5. The fourth-order valence-corrected chi connectivity index (χ4v) is 3.32. The van der Waals surface area contributed by atoms with Gasteiger partial charge in [-0.1, -0.05) is 30.3 Å². The molecule has 0 aliphatic carbocycles. The fraction of sp³-hybridized carbons (Fsp3) is 0.143. The molecule has 0 atom stereocenters. The van der Waals surface area contributed by atoms with Crippen LogP contribution in [-0.2, 0) is 13.2 Å². The molecule has 5 rings (SSSR count). The van der Waals surface area contributed by atoms with Crippen molar-refractivity contribution in [2.75, 3.05) is 12.1 Å². The molecule has 0 amide bonds. The summed E-state index contributed by atoms with van der Waals surface area (Å²) in [5.74, 6) is 2.28. The second kappa shape index (κ2) is 6.86. The van der Waals surface area contributed by atoms with E-state index < -0.39 is 0 Å². The minimum absolute atomic E-state index is 0.0322. The highest BCUT2D eigenvalue weighted by Gasteiger charge is 2.14. The van der Waals surface area contributed by atoms with Crippen molar-refractivity contribution < 1.29 is 14.6 Å². The van der Waals surface area contributed by atoms with Crippen LogP contribution in [0.25, 0.3) is 16.8 Å². The summed E-state index contributed by atoms with van der Waals surface area (Å²) in [5, 5.41) is 17.4. The lowest BCUT2D eigenvalue weighted by molar-refractivity contribution is 0.174. The smallest absolute Gasteiger partial charge is 0.231 e. The molecule has 4 aromatic rings. The monoisotopic (exact) mass is 374 g/mol. The standard InChI is InChI=1S/C21H18N4O3/c26-12-15-3-1-2-4-16(15)17-11-23-25-8-7-20(24-21(17)25)22-10-14-5-6-18-19(9-14)28-13-27-18/h1-9,11,26H,10,12-13H2,(H,22,24). The summed E-state index contributed by atoms with van der Waals surface area (Å²) in [6, 6.07) is 15.5. The average molecular weight is 374 g/mol. The van der Waals surface area contributed by atoms with Crippen LogP contribution >= 0.6 is 0 Å². The number of ether oxygens (including phenoxy) is 2. The lowest BCUT2D eigenvalue weighted by atomic mass is 10.0. The van der Waals surface area contributed by atoms with Gasteiger partial charge in [-0.05, 0) is 34.9 Å². The maximum Gasteiger partial charge on any atom is 0.231 e. The lowest BCUT2D eigenvalue weighted by Gasteiger charge is -2.08. The molecule has 2 N–H and O–H groups in total. The van der Waals surface area contributed by atoms with E-state index in [1.54, 1.807) is 10.7 Å². The third-order valence-electron chi connectivity index (χ3n) is 4.76. The van der Waals surface area contributed by atoms with Crippen LogP contribution in [-0.4, -0.2) is 26.5 Å². The molecular formula is C21H18N4O3. The van der Waals surface area contributed by atoms with Crippen molar-refractivity contribution in [3.8, 4) is 22.6 Å². The van der Waals surface area contributed by atoms with Crippen molar-refractivity contribution in [2.45, 2.75) is 13.2 Å². The maximum absolute atomic E-state index is 9.64. The minimum atomic E-state index is -0.0322. The second-order valence-corrected chi connectivity index (χ2v) is 6.50. The number of anilines is 1. The van der Waals surface area contributed by atoms with Crippen LogP contribution in [0.4, 0.5) is 5.82 Å². The SMILES string of the molecule is OCc1ccccc1-c1cnn2ccc(NCc3ccc4c(c3)OCO4)nc12. The predicted octanol–water partition coefficient (Wildman–Crippen LogP) is 3.23. The van der Waals surface area contributed by atoms with E-state index in [1.165, 1.54) is 0 Å². The molecule has 0 radical (unpaired) electrons. The fourth-order valence-electron chi connectivity index (χ4n) is 3.32.